The first kappa shape index (κ1) is 16.7. The van der Waals surface area contributed by atoms with E-state index in [9.17, 15) is 4.79 Å². The van der Waals surface area contributed by atoms with Crippen molar-refractivity contribution in [3.05, 3.63) is 70.8 Å². The van der Waals surface area contributed by atoms with E-state index in [4.69, 9.17) is 4.74 Å². The van der Waals surface area contributed by atoms with Crippen LogP contribution in [-0.2, 0) is 11.3 Å². The van der Waals surface area contributed by atoms with Crippen LogP contribution in [0.25, 0.3) is 0 Å². The van der Waals surface area contributed by atoms with Gasteiger partial charge in [0.15, 0.2) is 0 Å². The van der Waals surface area contributed by atoms with Gasteiger partial charge < -0.3 is 9.64 Å². The van der Waals surface area contributed by atoms with Gasteiger partial charge in [0.05, 0.1) is 12.7 Å². The number of carbonyl (C=O) groups excluding carboxylic acids is 1. The van der Waals surface area contributed by atoms with E-state index >= 15 is 0 Å². The first-order valence-electron chi connectivity index (χ1n) is 8.66. The Bertz CT molecular complexity index is 710. The molecule has 1 aliphatic rings. The Morgan fingerprint density at radius 1 is 1.08 bits per heavy atom. The first-order chi connectivity index (χ1) is 11.6. The van der Waals surface area contributed by atoms with E-state index in [0.29, 0.717) is 13.2 Å². The molecule has 0 bridgehead atoms. The number of aryl methyl sites for hydroxylation is 2. The molecule has 3 rings (SSSR count). The number of ether oxygens (including phenoxy) is 1. The third-order valence-corrected chi connectivity index (χ3v) is 4.78. The molecular formula is C21H25NO2. The molecule has 0 saturated carbocycles. The van der Waals surface area contributed by atoms with Crippen LogP contribution in [0.2, 0.25) is 0 Å². The van der Waals surface area contributed by atoms with Gasteiger partial charge in [-0.25, -0.2) is 0 Å². The number of piperidine rings is 1. The minimum absolute atomic E-state index is 0.117. The van der Waals surface area contributed by atoms with Crippen LogP contribution in [-0.4, -0.2) is 30.0 Å². The fraction of sp³-hybridized carbons (Fsp3) is 0.381. The zero-order valence-electron chi connectivity index (χ0n) is 14.5. The standard InChI is InChI=1S/C21H25NO2/c1-16-8-3-5-10-18(16)15-24-19-11-7-13-22(14-19)21(23)20-12-6-4-9-17(20)2/h3-6,8-10,12,19H,7,11,13-15H2,1-2H3/t19-/m1/s1. The number of benzene rings is 2. The highest BCUT2D eigenvalue weighted by Gasteiger charge is 2.25. The number of rotatable bonds is 4. The van der Waals surface area contributed by atoms with Crippen molar-refractivity contribution >= 4 is 5.91 Å². The highest BCUT2D eigenvalue weighted by molar-refractivity contribution is 5.95. The summed E-state index contributed by atoms with van der Waals surface area (Å²) < 4.78 is 6.10. The Morgan fingerprint density at radius 2 is 1.79 bits per heavy atom. The van der Waals surface area contributed by atoms with E-state index in [0.717, 1.165) is 30.5 Å². The van der Waals surface area contributed by atoms with Crippen LogP contribution >= 0.6 is 0 Å². The molecular weight excluding hydrogens is 298 g/mol. The van der Waals surface area contributed by atoms with Gasteiger partial charge in [-0.1, -0.05) is 42.5 Å². The van der Waals surface area contributed by atoms with Gasteiger partial charge in [0.25, 0.3) is 5.91 Å². The number of amides is 1. The second kappa shape index (κ2) is 7.63. The molecule has 3 heteroatoms. The monoisotopic (exact) mass is 323 g/mol. The fourth-order valence-corrected chi connectivity index (χ4v) is 3.22. The molecule has 1 aliphatic heterocycles. The highest BCUT2D eigenvalue weighted by Crippen LogP contribution is 2.19. The molecule has 2 aromatic carbocycles. The van der Waals surface area contributed by atoms with Crippen molar-refractivity contribution in [1.29, 1.82) is 0 Å². The van der Waals surface area contributed by atoms with E-state index in [1.165, 1.54) is 11.1 Å². The zero-order valence-corrected chi connectivity index (χ0v) is 14.5. The maximum absolute atomic E-state index is 12.8. The quantitative estimate of drug-likeness (QED) is 0.847. The molecule has 1 amide bonds. The minimum atomic E-state index is 0.117. The second-order valence-corrected chi connectivity index (χ2v) is 6.57. The van der Waals surface area contributed by atoms with Gasteiger partial charge >= 0.3 is 0 Å². The topological polar surface area (TPSA) is 29.5 Å². The lowest BCUT2D eigenvalue weighted by atomic mass is 10.0. The smallest absolute Gasteiger partial charge is 0.254 e. The van der Waals surface area contributed by atoms with Crippen LogP contribution < -0.4 is 0 Å². The molecule has 0 unspecified atom stereocenters. The molecule has 0 radical (unpaired) electrons. The number of hydrogen-bond donors (Lipinski definition) is 0. The lowest BCUT2D eigenvalue weighted by molar-refractivity contribution is -0.00690. The highest BCUT2D eigenvalue weighted by atomic mass is 16.5. The first-order valence-corrected chi connectivity index (χ1v) is 8.66. The summed E-state index contributed by atoms with van der Waals surface area (Å²) in [5.41, 5.74) is 4.31. The van der Waals surface area contributed by atoms with E-state index < -0.39 is 0 Å². The maximum Gasteiger partial charge on any atom is 0.254 e. The zero-order chi connectivity index (χ0) is 16.9. The van der Waals surface area contributed by atoms with E-state index in [-0.39, 0.29) is 12.0 Å². The molecule has 0 N–H and O–H groups in total. The normalized spacial score (nSPS) is 17.8. The number of nitrogens with zero attached hydrogens (tertiary/aromatic N) is 1. The Morgan fingerprint density at radius 3 is 2.54 bits per heavy atom. The molecule has 1 saturated heterocycles. The molecule has 3 nitrogen and oxygen atoms in total. The third-order valence-electron chi connectivity index (χ3n) is 4.78. The molecule has 2 aromatic rings. The van der Waals surface area contributed by atoms with E-state index in [1.807, 2.05) is 48.2 Å². The summed E-state index contributed by atoms with van der Waals surface area (Å²) in [5, 5.41) is 0. The largest absolute Gasteiger partial charge is 0.372 e. The number of likely N-dealkylation sites (tertiary alicyclic amines) is 1. The van der Waals surface area contributed by atoms with Crippen molar-refractivity contribution in [3.8, 4) is 0 Å². The van der Waals surface area contributed by atoms with Crippen molar-refractivity contribution in [2.24, 2.45) is 0 Å². The van der Waals surface area contributed by atoms with Crippen LogP contribution in [0.15, 0.2) is 48.5 Å². The fourth-order valence-electron chi connectivity index (χ4n) is 3.22. The maximum atomic E-state index is 12.8. The summed E-state index contributed by atoms with van der Waals surface area (Å²) in [6, 6.07) is 16.1. The number of hydrogen-bond acceptors (Lipinski definition) is 2. The van der Waals surface area contributed by atoms with Gasteiger partial charge in [-0.3, -0.25) is 4.79 Å². The molecule has 24 heavy (non-hydrogen) atoms. The van der Waals surface area contributed by atoms with Crippen LogP contribution in [0, 0.1) is 13.8 Å². The molecule has 126 valence electrons. The summed E-state index contributed by atoms with van der Waals surface area (Å²) in [5.74, 6) is 0.122. The van der Waals surface area contributed by atoms with Gasteiger partial charge in [-0.05, 0) is 49.4 Å². The van der Waals surface area contributed by atoms with E-state index in [1.54, 1.807) is 0 Å². The average molecular weight is 323 g/mol. The molecule has 1 heterocycles. The van der Waals surface area contributed by atoms with Crippen LogP contribution in [0.4, 0.5) is 0 Å². The van der Waals surface area contributed by atoms with Crippen LogP contribution in [0.5, 0.6) is 0 Å². The van der Waals surface area contributed by atoms with Crippen molar-refractivity contribution < 1.29 is 9.53 Å². The predicted molar refractivity (Wildman–Crippen MR) is 96.1 cm³/mol. The van der Waals surface area contributed by atoms with Gasteiger partial charge in [0.2, 0.25) is 0 Å². The van der Waals surface area contributed by atoms with Crippen LogP contribution in [0.1, 0.15) is 39.9 Å². The summed E-state index contributed by atoms with van der Waals surface area (Å²) in [6.07, 6.45) is 2.13. The van der Waals surface area contributed by atoms with Crippen molar-refractivity contribution in [1.82, 2.24) is 4.90 Å². The molecule has 0 spiro atoms. The van der Waals surface area contributed by atoms with Crippen molar-refractivity contribution in [2.45, 2.75) is 39.4 Å². The predicted octanol–water partition coefficient (Wildman–Crippen LogP) is 4.12. The van der Waals surface area contributed by atoms with Gasteiger partial charge in [-0.15, -0.1) is 0 Å². The lowest BCUT2D eigenvalue weighted by Crippen LogP contribution is -2.43. The Balaban J connectivity index is 1.61. The summed E-state index contributed by atoms with van der Waals surface area (Å²) in [7, 11) is 0. The van der Waals surface area contributed by atoms with Crippen LogP contribution in [0.3, 0.4) is 0 Å². The Hall–Kier alpha value is -2.13. The minimum Gasteiger partial charge on any atom is -0.372 e. The molecule has 1 atom stereocenters. The van der Waals surface area contributed by atoms with Crippen molar-refractivity contribution in [3.63, 3.8) is 0 Å². The average Bonchev–Trinajstić information content (AvgIpc) is 2.61. The van der Waals surface area contributed by atoms with E-state index in [2.05, 4.69) is 19.1 Å². The SMILES string of the molecule is Cc1ccccc1CO[C@@H]1CCCN(C(=O)c2ccccc2C)C1. The van der Waals surface area contributed by atoms with Crippen molar-refractivity contribution in [2.75, 3.05) is 13.1 Å². The molecule has 0 aliphatic carbocycles. The lowest BCUT2D eigenvalue weighted by Gasteiger charge is -2.33. The second-order valence-electron chi connectivity index (χ2n) is 6.57. The van der Waals surface area contributed by atoms with Gasteiger partial charge in [0.1, 0.15) is 0 Å². The Kier molecular flexibility index (Phi) is 5.31. The summed E-state index contributed by atoms with van der Waals surface area (Å²) in [6.45, 7) is 6.21. The molecule has 1 fully saturated rings. The molecule has 0 aromatic heterocycles. The summed E-state index contributed by atoms with van der Waals surface area (Å²) >= 11 is 0. The summed E-state index contributed by atoms with van der Waals surface area (Å²) in [4.78, 5) is 14.7. The third kappa shape index (κ3) is 3.85. The van der Waals surface area contributed by atoms with Gasteiger partial charge in [-0.2, -0.15) is 0 Å². The Labute approximate surface area is 144 Å². The number of carbonyl (C=O) groups is 1. The van der Waals surface area contributed by atoms with Gasteiger partial charge in [0, 0.05) is 18.7 Å².